The summed E-state index contributed by atoms with van der Waals surface area (Å²) in [7, 11) is -16.5. The summed E-state index contributed by atoms with van der Waals surface area (Å²) >= 11 is 0. The molecular weight excluding hydrogens is 827 g/mol. The molecule has 0 amide bonds. The SMILES string of the molecule is C[C@H](CCC(=O)OP(=O)(O)OP(=O)(O)OC[C@H]1O[C@@H](n2cnc3c(N)ncnc32)[C@H](O)[C@@H]1OP(=O)(O)O)[C@H]1CC[C@H]2[C@@H]3CCC4=CC(=O)CC[C@]4(C)[C@H]3CC(O)[C@]12C. The molecule has 322 valence electrons. The lowest BCUT2D eigenvalue weighted by Gasteiger charge is -2.60. The molecule has 5 aliphatic rings. The average Bonchev–Trinajstić information content (AvgIpc) is 3.80. The van der Waals surface area contributed by atoms with Gasteiger partial charge >= 0.3 is 29.4 Å². The Morgan fingerprint density at radius 3 is 2.52 bits per heavy atom. The molecule has 2 aromatic rings. The highest BCUT2D eigenvalue weighted by molar-refractivity contribution is 7.61. The van der Waals surface area contributed by atoms with Crippen molar-refractivity contribution in [3.63, 3.8) is 0 Å². The quantitative estimate of drug-likeness (QED) is 0.142. The molecule has 7 rings (SSSR count). The lowest BCUT2D eigenvalue weighted by molar-refractivity contribution is -0.142. The summed E-state index contributed by atoms with van der Waals surface area (Å²) in [5.74, 6) is -0.200. The van der Waals surface area contributed by atoms with Gasteiger partial charge in [-0.05, 0) is 91.4 Å². The molecule has 0 spiro atoms. The molecule has 3 saturated carbocycles. The number of nitrogens with two attached hydrogens (primary N) is 1. The molecule has 3 heterocycles. The zero-order chi connectivity index (χ0) is 42.2. The number of ether oxygens (including phenoxy) is 1. The fraction of sp³-hybridized carbons (Fsp3) is 0.735. The second-order valence-corrected chi connectivity index (χ2v) is 20.9. The normalized spacial score (nSPS) is 37.6. The molecule has 24 heteroatoms. The molecular formula is C34H50N5O16P3. The summed E-state index contributed by atoms with van der Waals surface area (Å²) in [5, 5.41) is 22.7. The van der Waals surface area contributed by atoms with Crippen molar-refractivity contribution in [2.24, 2.45) is 40.4 Å². The molecule has 0 bridgehead atoms. The Kier molecular flexibility index (Phi) is 11.9. The summed E-state index contributed by atoms with van der Waals surface area (Å²) in [4.78, 5) is 76.4. The lowest BCUT2D eigenvalue weighted by atomic mass is 9.45. The monoisotopic (exact) mass is 877 g/mol. The van der Waals surface area contributed by atoms with Crippen molar-refractivity contribution in [3.05, 3.63) is 24.3 Å². The van der Waals surface area contributed by atoms with Crippen LogP contribution in [-0.4, -0.2) is 92.1 Å². The highest BCUT2D eigenvalue weighted by Gasteiger charge is 2.63. The third-order valence-electron chi connectivity index (χ3n) is 13.7. The lowest BCUT2D eigenvalue weighted by Crippen LogP contribution is -2.56. The van der Waals surface area contributed by atoms with E-state index in [-0.39, 0.29) is 64.7 Å². The first kappa shape index (κ1) is 43.6. The predicted molar refractivity (Wildman–Crippen MR) is 199 cm³/mol. The number of phosphoric ester groups is 3. The molecule has 3 unspecified atom stereocenters. The van der Waals surface area contributed by atoms with E-state index >= 15 is 0 Å². The van der Waals surface area contributed by atoms with Gasteiger partial charge in [0.05, 0.1) is 19.0 Å². The summed E-state index contributed by atoms with van der Waals surface area (Å²) < 4.78 is 62.5. The molecule has 58 heavy (non-hydrogen) atoms. The van der Waals surface area contributed by atoms with Crippen LogP contribution in [0.4, 0.5) is 5.82 Å². The Hall–Kier alpha value is -2.48. The fourth-order valence-electron chi connectivity index (χ4n) is 11.0. The van der Waals surface area contributed by atoms with Crippen molar-refractivity contribution in [1.82, 2.24) is 19.5 Å². The first-order valence-corrected chi connectivity index (χ1v) is 23.7. The van der Waals surface area contributed by atoms with Gasteiger partial charge in [0, 0.05) is 12.8 Å². The van der Waals surface area contributed by atoms with Crippen LogP contribution in [0, 0.1) is 40.4 Å². The smallest absolute Gasteiger partial charge is 0.393 e. The van der Waals surface area contributed by atoms with Gasteiger partial charge in [0.1, 0.15) is 30.2 Å². The van der Waals surface area contributed by atoms with Gasteiger partial charge in [0.2, 0.25) is 0 Å². The van der Waals surface area contributed by atoms with E-state index in [1.54, 1.807) is 0 Å². The number of aliphatic hydroxyl groups is 2. The van der Waals surface area contributed by atoms with Gasteiger partial charge in [0.25, 0.3) is 0 Å². The van der Waals surface area contributed by atoms with Crippen LogP contribution in [0.25, 0.3) is 11.2 Å². The second kappa shape index (κ2) is 15.8. The van der Waals surface area contributed by atoms with E-state index in [1.165, 1.54) is 5.57 Å². The van der Waals surface area contributed by atoms with E-state index in [0.717, 1.165) is 49.3 Å². The van der Waals surface area contributed by atoms with Gasteiger partial charge in [-0.15, -0.1) is 0 Å². The summed E-state index contributed by atoms with van der Waals surface area (Å²) in [5.41, 5.74) is 6.63. The number of phosphoric acid groups is 3. The van der Waals surface area contributed by atoms with E-state index in [2.05, 4.69) is 42.2 Å². The van der Waals surface area contributed by atoms with Gasteiger partial charge in [-0.25, -0.2) is 28.6 Å². The Morgan fingerprint density at radius 2 is 1.79 bits per heavy atom. The van der Waals surface area contributed by atoms with Crippen molar-refractivity contribution in [2.75, 3.05) is 12.3 Å². The molecule has 4 fully saturated rings. The Balaban J connectivity index is 0.937. The number of hydrogen-bond donors (Lipinski definition) is 7. The standard InChI is InChI=1S/C34H50N5O16P3/c1-17(21-7-8-22-20-6-5-18-12-19(40)10-11-33(18,2)23(20)13-25(41)34(21,22)3)4-9-26(42)53-58(49,50)55-57(47,48)51-14-24-29(54-56(44,45)46)28(43)32(52-24)39-16-38-27-30(35)36-15-37-31(27)39/h12,15-17,20-25,28-29,32,41,43H,4-11,13-14H2,1-3H3,(H,47,48)(H,49,50)(H2,35,36,37)(H2,44,45,46)/t17-,20+,21-,22+,23+,24-,25?,28-,29-,32-,33+,34-/m1/s1. The van der Waals surface area contributed by atoms with E-state index in [4.69, 9.17) is 15.0 Å². The number of carbonyl (C=O) groups excluding carboxylic acids is 2. The minimum absolute atomic E-state index is 0.0226. The maximum absolute atomic E-state index is 12.8. The number of nitrogen functional groups attached to an aromatic ring is 1. The average molecular weight is 878 g/mol. The number of aliphatic hydroxyl groups excluding tert-OH is 2. The number of imidazole rings is 1. The van der Waals surface area contributed by atoms with E-state index in [0.29, 0.717) is 18.8 Å². The largest absolute Gasteiger partial charge is 0.538 e. The molecule has 0 aromatic carbocycles. The van der Waals surface area contributed by atoms with Crippen LogP contribution in [0.2, 0.25) is 0 Å². The first-order chi connectivity index (χ1) is 27.0. The fourth-order valence-corrected chi connectivity index (χ4v) is 13.6. The van der Waals surface area contributed by atoms with Crippen LogP contribution in [0.3, 0.4) is 0 Å². The van der Waals surface area contributed by atoms with Crippen molar-refractivity contribution >= 4 is 52.2 Å². The van der Waals surface area contributed by atoms with Crippen LogP contribution in [-0.2, 0) is 45.9 Å². The molecule has 1 aliphatic heterocycles. The van der Waals surface area contributed by atoms with Gasteiger partial charge < -0.3 is 39.9 Å². The van der Waals surface area contributed by atoms with Gasteiger partial charge in [-0.2, -0.15) is 4.31 Å². The molecule has 0 radical (unpaired) electrons. The maximum atomic E-state index is 12.8. The second-order valence-electron chi connectivity index (χ2n) is 16.8. The van der Waals surface area contributed by atoms with Crippen molar-refractivity contribution in [1.29, 1.82) is 0 Å². The minimum atomic E-state index is -5.58. The van der Waals surface area contributed by atoms with Crippen LogP contribution in [0.5, 0.6) is 0 Å². The molecule has 8 N–H and O–H groups in total. The van der Waals surface area contributed by atoms with Crippen molar-refractivity contribution < 1.29 is 75.7 Å². The summed E-state index contributed by atoms with van der Waals surface area (Å²) in [6, 6.07) is 0. The van der Waals surface area contributed by atoms with Crippen molar-refractivity contribution in [3.8, 4) is 0 Å². The predicted octanol–water partition coefficient (Wildman–Crippen LogP) is 3.46. The first-order valence-electron chi connectivity index (χ1n) is 19.2. The molecule has 1 saturated heterocycles. The summed E-state index contributed by atoms with van der Waals surface area (Å²) in [6.07, 6.45) is 1.88. The van der Waals surface area contributed by atoms with Gasteiger partial charge in [-0.3, -0.25) is 28.1 Å². The Bertz CT molecular complexity index is 2120. The number of carbonyl (C=O) groups is 2. The Morgan fingerprint density at radius 1 is 1.05 bits per heavy atom. The number of rotatable bonds is 13. The molecule has 14 atom stereocenters. The van der Waals surface area contributed by atoms with Crippen molar-refractivity contribution in [2.45, 2.75) is 109 Å². The van der Waals surface area contributed by atoms with Crippen LogP contribution < -0.4 is 5.73 Å². The van der Waals surface area contributed by atoms with Gasteiger partial charge in [0.15, 0.2) is 23.5 Å². The highest BCUT2D eigenvalue weighted by Crippen LogP contribution is 2.68. The zero-order valence-electron chi connectivity index (χ0n) is 32.1. The van der Waals surface area contributed by atoms with E-state index in [9.17, 15) is 53.1 Å². The van der Waals surface area contributed by atoms with Crippen LogP contribution in [0.1, 0.15) is 84.8 Å². The summed E-state index contributed by atoms with van der Waals surface area (Å²) in [6.45, 7) is 5.24. The van der Waals surface area contributed by atoms with Gasteiger partial charge in [-0.1, -0.05) is 26.3 Å². The molecule has 21 nitrogen and oxygen atoms in total. The number of nitrogens with zero attached hydrogens (tertiary/aromatic N) is 4. The Labute approximate surface area is 333 Å². The van der Waals surface area contributed by atoms with E-state index < -0.39 is 72.1 Å². The highest BCUT2D eigenvalue weighted by atomic mass is 31.3. The van der Waals surface area contributed by atoms with E-state index in [1.807, 2.05) is 13.0 Å². The number of hydrogen-bond acceptors (Lipinski definition) is 16. The van der Waals surface area contributed by atoms with Crippen LogP contribution in [0.15, 0.2) is 24.3 Å². The third-order valence-corrected chi connectivity index (χ3v) is 16.8. The number of anilines is 1. The number of fused-ring (bicyclic) bond motifs is 6. The minimum Gasteiger partial charge on any atom is -0.393 e. The third kappa shape index (κ3) is 8.28. The zero-order valence-corrected chi connectivity index (χ0v) is 34.7. The maximum Gasteiger partial charge on any atom is 0.538 e. The molecule has 2 aromatic heterocycles. The topological polar surface area (TPSA) is 323 Å². The molecule has 4 aliphatic carbocycles. The number of allylic oxidation sites excluding steroid dienone is 1. The van der Waals surface area contributed by atoms with Crippen LogP contribution >= 0.6 is 23.5 Å². The number of aromatic nitrogens is 4. The number of ketones is 1.